The molecule has 0 spiro atoms. The molecule has 0 fully saturated rings. The van der Waals surface area contributed by atoms with E-state index in [1.807, 2.05) is 6.07 Å². The monoisotopic (exact) mass is 279 g/mol. The second-order valence-corrected chi connectivity index (χ2v) is 4.38. The van der Waals surface area contributed by atoms with Gasteiger partial charge in [-0.1, -0.05) is 12.1 Å². The Morgan fingerprint density at radius 3 is 2.62 bits per heavy atom. The van der Waals surface area contributed by atoms with Gasteiger partial charge in [-0.2, -0.15) is 5.26 Å². The molecule has 0 radical (unpaired) electrons. The number of rotatable bonds is 2. The van der Waals surface area contributed by atoms with Crippen LogP contribution >= 0.6 is 0 Å². The Labute approximate surface area is 120 Å². The average Bonchev–Trinajstić information content (AvgIpc) is 3.01. The molecule has 3 rings (SSSR count). The van der Waals surface area contributed by atoms with E-state index in [4.69, 9.17) is 10.2 Å². The lowest BCUT2D eigenvalue weighted by Crippen LogP contribution is -2.00. The minimum atomic E-state index is -0.403. The van der Waals surface area contributed by atoms with Crippen LogP contribution in [0.25, 0.3) is 22.6 Å². The molecule has 0 saturated heterocycles. The van der Waals surface area contributed by atoms with Crippen molar-refractivity contribution in [2.75, 3.05) is 5.73 Å². The molecule has 4 nitrogen and oxygen atoms in total. The summed E-state index contributed by atoms with van der Waals surface area (Å²) in [4.78, 5) is 4.12. The van der Waals surface area contributed by atoms with Gasteiger partial charge in [0.25, 0.3) is 0 Å². The first kappa shape index (κ1) is 12.9. The standard InChI is InChI=1S/C16H10FN3O/c17-13-5-2-1-4-10(13)14-8-11(15-6-3-7-21-15)12(9-18)16(19)20-14/h1-8H,(H2,19,20). The van der Waals surface area contributed by atoms with Crippen molar-refractivity contribution in [2.45, 2.75) is 0 Å². The van der Waals surface area contributed by atoms with E-state index in [1.165, 1.54) is 12.3 Å². The predicted molar refractivity (Wildman–Crippen MR) is 76.5 cm³/mol. The molecule has 2 aromatic heterocycles. The molecule has 5 heteroatoms. The Hall–Kier alpha value is -3.13. The number of furan rings is 1. The normalized spacial score (nSPS) is 10.3. The van der Waals surface area contributed by atoms with Crippen molar-refractivity contribution in [3.63, 3.8) is 0 Å². The fourth-order valence-electron chi connectivity index (χ4n) is 2.12. The molecular weight excluding hydrogens is 269 g/mol. The number of anilines is 1. The summed E-state index contributed by atoms with van der Waals surface area (Å²) in [5.41, 5.74) is 7.21. The molecule has 3 aromatic rings. The first-order chi connectivity index (χ1) is 10.2. The minimum Gasteiger partial charge on any atom is -0.464 e. The molecule has 0 aliphatic rings. The molecule has 0 unspecified atom stereocenters. The zero-order chi connectivity index (χ0) is 14.8. The Kier molecular flexibility index (Phi) is 3.13. The number of nitrogen functional groups attached to an aromatic ring is 1. The number of aromatic nitrogens is 1. The van der Waals surface area contributed by atoms with Gasteiger partial charge in [-0.25, -0.2) is 9.37 Å². The van der Waals surface area contributed by atoms with Gasteiger partial charge in [0.2, 0.25) is 0 Å². The van der Waals surface area contributed by atoms with Crippen LogP contribution in [0.5, 0.6) is 0 Å². The maximum absolute atomic E-state index is 13.9. The van der Waals surface area contributed by atoms with Crippen LogP contribution in [0.4, 0.5) is 10.2 Å². The molecule has 1 aromatic carbocycles. The Morgan fingerprint density at radius 2 is 1.95 bits per heavy atom. The fourth-order valence-corrected chi connectivity index (χ4v) is 2.12. The second-order valence-electron chi connectivity index (χ2n) is 4.38. The summed E-state index contributed by atoms with van der Waals surface area (Å²) in [6.45, 7) is 0. The maximum Gasteiger partial charge on any atom is 0.142 e. The van der Waals surface area contributed by atoms with Crippen molar-refractivity contribution >= 4 is 5.82 Å². The van der Waals surface area contributed by atoms with Crippen LogP contribution in [0.2, 0.25) is 0 Å². The summed E-state index contributed by atoms with van der Waals surface area (Å²) >= 11 is 0. The zero-order valence-electron chi connectivity index (χ0n) is 10.9. The van der Waals surface area contributed by atoms with Gasteiger partial charge in [0.05, 0.1) is 12.0 Å². The van der Waals surface area contributed by atoms with Crippen molar-refractivity contribution in [2.24, 2.45) is 0 Å². The zero-order valence-corrected chi connectivity index (χ0v) is 10.9. The highest BCUT2D eigenvalue weighted by Crippen LogP contribution is 2.32. The number of halogens is 1. The first-order valence-corrected chi connectivity index (χ1v) is 6.20. The molecular formula is C16H10FN3O. The van der Waals surface area contributed by atoms with Crippen LogP contribution < -0.4 is 5.73 Å². The van der Waals surface area contributed by atoms with Gasteiger partial charge in [0.1, 0.15) is 29.0 Å². The molecule has 2 heterocycles. The summed E-state index contributed by atoms with van der Waals surface area (Å²) in [5, 5.41) is 9.23. The van der Waals surface area contributed by atoms with Crippen molar-refractivity contribution in [1.29, 1.82) is 5.26 Å². The molecule has 0 bridgehead atoms. The van der Waals surface area contributed by atoms with Crippen LogP contribution in [-0.4, -0.2) is 4.98 Å². The molecule has 0 saturated carbocycles. The van der Waals surface area contributed by atoms with Crippen LogP contribution in [0.3, 0.4) is 0 Å². The van der Waals surface area contributed by atoms with E-state index in [2.05, 4.69) is 4.98 Å². The third kappa shape index (κ3) is 2.23. The van der Waals surface area contributed by atoms with E-state index in [0.29, 0.717) is 22.6 Å². The summed E-state index contributed by atoms with van der Waals surface area (Å²) in [6.07, 6.45) is 1.50. The van der Waals surface area contributed by atoms with Crippen LogP contribution in [0.15, 0.2) is 53.1 Å². The van der Waals surface area contributed by atoms with Crippen LogP contribution in [-0.2, 0) is 0 Å². The topological polar surface area (TPSA) is 75.8 Å². The molecule has 0 aliphatic heterocycles. The van der Waals surface area contributed by atoms with E-state index in [1.54, 1.807) is 36.4 Å². The summed E-state index contributed by atoms with van der Waals surface area (Å²) in [7, 11) is 0. The Balaban J connectivity index is 2.26. The Morgan fingerprint density at radius 1 is 1.14 bits per heavy atom. The van der Waals surface area contributed by atoms with Gasteiger partial charge in [-0.3, -0.25) is 0 Å². The van der Waals surface area contributed by atoms with Gasteiger partial charge >= 0.3 is 0 Å². The number of nitrogens with two attached hydrogens (primary N) is 1. The largest absolute Gasteiger partial charge is 0.464 e. The SMILES string of the molecule is N#Cc1c(-c2ccco2)cc(-c2ccccc2F)nc1N. The number of hydrogen-bond acceptors (Lipinski definition) is 4. The number of nitrogens with zero attached hydrogens (tertiary/aromatic N) is 2. The van der Waals surface area contributed by atoms with E-state index < -0.39 is 5.82 Å². The highest BCUT2D eigenvalue weighted by Gasteiger charge is 2.16. The van der Waals surface area contributed by atoms with Crippen molar-refractivity contribution in [3.05, 3.63) is 60.1 Å². The van der Waals surface area contributed by atoms with Gasteiger partial charge in [-0.05, 0) is 30.3 Å². The first-order valence-electron chi connectivity index (χ1n) is 6.20. The number of pyridine rings is 1. The van der Waals surface area contributed by atoms with E-state index in [9.17, 15) is 9.65 Å². The average molecular weight is 279 g/mol. The second kappa shape index (κ2) is 5.10. The predicted octanol–water partition coefficient (Wildman–Crippen LogP) is 3.60. The number of benzene rings is 1. The lowest BCUT2D eigenvalue weighted by atomic mass is 10.0. The van der Waals surface area contributed by atoms with Crippen LogP contribution in [0.1, 0.15) is 5.56 Å². The van der Waals surface area contributed by atoms with E-state index in [0.717, 1.165) is 0 Å². The highest BCUT2D eigenvalue weighted by molar-refractivity contribution is 5.77. The smallest absolute Gasteiger partial charge is 0.142 e. The molecule has 21 heavy (non-hydrogen) atoms. The molecule has 102 valence electrons. The molecule has 0 amide bonds. The summed E-state index contributed by atoms with van der Waals surface area (Å²) < 4.78 is 19.2. The summed E-state index contributed by atoms with van der Waals surface area (Å²) in [6, 6.07) is 13.3. The number of nitriles is 1. The van der Waals surface area contributed by atoms with Crippen molar-refractivity contribution in [3.8, 4) is 28.7 Å². The Bertz CT molecular complexity index is 835. The molecule has 0 atom stereocenters. The maximum atomic E-state index is 13.9. The molecule has 2 N–H and O–H groups in total. The van der Waals surface area contributed by atoms with E-state index in [-0.39, 0.29) is 11.4 Å². The third-order valence-electron chi connectivity index (χ3n) is 3.10. The highest BCUT2D eigenvalue weighted by atomic mass is 19.1. The molecule has 0 aliphatic carbocycles. The van der Waals surface area contributed by atoms with Crippen molar-refractivity contribution in [1.82, 2.24) is 4.98 Å². The van der Waals surface area contributed by atoms with Gasteiger partial charge in [-0.15, -0.1) is 0 Å². The van der Waals surface area contributed by atoms with Gasteiger partial charge in [0.15, 0.2) is 0 Å². The fraction of sp³-hybridized carbons (Fsp3) is 0. The van der Waals surface area contributed by atoms with E-state index >= 15 is 0 Å². The lowest BCUT2D eigenvalue weighted by Gasteiger charge is -2.08. The number of hydrogen-bond donors (Lipinski definition) is 1. The van der Waals surface area contributed by atoms with Gasteiger partial charge < -0.3 is 10.2 Å². The van der Waals surface area contributed by atoms with Crippen LogP contribution in [0, 0.1) is 17.1 Å². The minimum absolute atomic E-state index is 0.0460. The quantitative estimate of drug-likeness (QED) is 0.777. The lowest BCUT2D eigenvalue weighted by molar-refractivity contribution is 0.582. The van der Waals surface area contributed by atoms with Gasteiger partial charge in [0, 0.05) is 11.1 Å². The third-order valence-corrected chi connectivity index (χ3v) is 3.10. The summed E-state index contributed by atoms with van der Waals surface area (Å²) in [5.74, 6) is 0.127. The van der Waals surface area contributed by atoms with Crippen molar-refractivity contribution < 1.29 is 8.81 Å².